The predicted molar refractivity (Wildman–Crippen MR) is 66.4 cm³/mol. The van der Waals surface area contributed by atoms with Crippen LogP contribution in [-0.4, -0.2) is 59.9 Å². The smallest absolute Gasteiger partial charge is 0.343 e. The van der Waals surface area contributed by atoms with E-state index in [0.717, 1.165) is 0 Å². The molecule has 0 bridgehead atoms. The lowest BCUT2D eigenvalue weighted by atomic mass is 9.98. The van der Waals surface area contributed by atoms with Crippen LogP contribution < -0.4 is 5.14 Å². The first-order valence-electron chi connectivity index (χ1n) is 6.22. The van der Waals surface area contributed by atoms with E-state index >= 15 is 0 Å². The molecule has 0 aromatic rings. The van der Waals surface area contributed by atoms with Gasteiger partial charge in [-0.05, 0) is 13.8 Å². The van der Waals surface area contributed by atoms with Gasteiger partial charge in [0, 0.05) is 0 Å². The molecule has 0 unspecified atom stereocenters. The number of rotatable bonds is 3. The molecule has 0 spiro atoms. The van der Waals surface area contributed by atoms with Gasteiger partial charge in [-0.15, -0.1) is 0 Å². The lowest BCUT2D eigenvalue weighted by Crippen LogP contribution is -2.60. The molecular weight excluding hydrogens is 346 g/mol. The van der Waals surface area contributed by atoms with Crippen molar-refractivity contribution in [2.75, 3.05) is 13.2 Å². The fourth-order valence-electron chi connectivity index (χ4n) is 2.66. The van der Waals surface area contributed by atoms with E-state index in [1.165, 1.54) is 0 Å². The Bertz CT molecular complexity index is 673. The average molecular weight is 361 g/mol. The molecule has 3 aliphatic heterocycles. The maximum Gasteiger partial charge on any atom is 0.400 e. The molecule has 0 aliphatic carbocycles. The zero-order valence-electron chi connectivity index (χ0n) is 11.6. The van der Waals surface area contributed by atoms with E-state index in [1.54, 1.807) is 13.8 Å². The van der Waals surface area contributed by atoms with Gasteiger partial charge in [0.25, 0.3) is 0 Å². The highest BCUT2D eigenvalue weighted by Crippen LogP contribution is 2.46. The first-order valence-corrected chi connectivity index (χ1v) is 9.03. The van der Waals surface area contributed by atoms with Gasteiger partial charge in [0.2, 0.25) is 5.79 Å². The van der Waals surface area contributed by atoms with Gasteiger partial charge in [-0.3, -0.25) is 4.18 Å². The van der Waals surface area contributed by atoms with Crippen LogP contribution >= 0.6 is 0 Å². The summed E-state index contributed by atoms with van der Waals surface area (Å²) < 4.78 is 75.6. The highest BCUT2D eigenvalue weighted by atomic mass is 32.3. The Kier molecular flexibility index (Phi) is 3.60. The first-order chi connectivity index (χ1) is 9.92. The van der Waals surface area contributed by atoms with Crippen LogP contribution in [0.15, 0.2) is 0 Å². The normalized spacial score (nSPS) is 42.8. The van der Waals surface area contributed by atoms with Crippen molar-refractivity contribution < 1.29 is 43.6 Å². The SMILES string of the molecule is CC1(C)O[C@@H]2[C@H]3OS(=O)(=O)O[C@H]3CO[C@]2(COS(N)(=O)=O)O1. The van der Waals surface area contributed by atoms with E-state index in [-0.39, 0.29) is 6.61 Å². The van der Waals surface area contributed by atoms with Gasteiger partial charge in [-0.1, -0.05) is 0 Å². The largest absolute Gasteiger partial charge is 0.400 e. The van der Waals surface area contributed by atoms with Crippen molar-refractivity contribution in [3.63, 3.8) is 0 Å². The van der Waals surface area contributed by atoms with Crippen LogP contribution in [0.5, 0.6) is 0 Å². The summed E-state index contributed by atoms with van der Waals surface area (Å²) in [7, 11) is -8.43. The number of hydrogen-bond acceptors (Lipinski definition) is 10. The molecule has 0 aromatic heterocycles. The summed E-state index contributed by atoms with van der Waals surface area (Å²) >= 11 is 0. The van der Waals surface area contributed by atoms with Crippen LogP contribution in [0.2, 0.25) is 0 Å². The van der Waals surface area contributed by atoms with Crippen molar-refractivity contribution in [2.24, 2.45) is 5.14 Å². The minimum atomic E-state index is -4.26. The summed E-state index contributed by atoms with van der Waals surface area (Å²) in [6, 6.07) is 0. The van der Waals surface area contributed by atoms with Crippen molar-refractivity contribution in [3.05, 3.63) is 0 Å². The van der Waals surface area contributed by atoms with Gasteiger partial charge in [0.05, 0.1) is 6.61 Å². The number of hydrogen-bond donors (Lipinski definition) is 1. The van der Waals surface area contributed by atoms with E-state index in [2.05, 4.69) is 4.18 Å². The molecule has 0 saturated carbocycles. The predicted octanol–water partition coefficient (Wildman–Crippen LogP) is -1.89. The maximum atomic E-state index is 11.4. The molecular formula is C9H15NO10S2. The summed E-state index contributed by atoms with van der Waals surface area (Å²) in [5.74, 6) is -2.86. The minimum absolute atomic E-state index is 0.214. The second kappa shape index (κ2) is 4.81. The summed E-state index contributed by atoms with van der Waals surface area (Å²) in [6.45, 7) is 2.26. The summed E-state index contributed by atoms with van der Waals surface area (Å²) in [6.07, 6.45) is -3.06. The highest BCUT2D eigenvalue weighted by Gasteiger charge is 2.66. The Balaban J connectivity index is 1.90. The van der Waals surface area contributed by atoms with Gasteiger partial charge in [-0.25, -0.2) is 13.5 Å². The molecule has 3 aliphatic rings. The fraction of sp³-hybridized carbons (Fsp3) is 1.00. The van der Waals surface area contributed by atoms with Gasteiger partial charge in [0.1, 0.15) is 24.9 Å². The van der Waals surface area contributed by atoms with E-state index < -0.39 is 57.2 Å². The molecule has 128 valence electrons. The molecule has 0 radical (unpaired) electrons. The monoisotopic (exact) mass is 361 g/mol. The Hall–Kier alpha value is -0.380. The van der Waals surface area contributed by atoms with Crippen LogP contribution in [0.3, 0.4) is 0 Å². The third-order valence-corrected chi connectivity index (χ3v) is 4.70. The standard InChI is InChI=1S/C9H15NO10S2/c1-8(2)17-7-6-5(18-22(13,14)19-6)3-15-9(7,20-8)4-16-21(10,11)12/h5-7H,3-4H2,1-2H3,(H2,10,11,12)/t5-,6-,7+,9+/m0/s1. The number of fused-ring (bicyclic) bond motifs is 3. The van der Waals surface area contributed by atoms with Crippen molar-refractivity contribution in [1.82, 2.24) is 0 Å². The van der Waals surface area contributed by atoms with Crippen molar-refractivity contribution in [1.29, 1.82) is 0 Å². The summed E-state index contributed by atoms with van der Waals surface area (Å²) in [5.41, 5.74) is 0. The third kappa shape index (κ3) is 3.00. The third-order valence-electron chi connectivity index (χ3n) is 3.31. The molecule has 2 N–H and O–H groups in total. The lowest BCUT2D eigenvalue weighted by molar-refractivity contribution is -0.290. The second-order valence-corrected chi connectivity index (χ2v) is 7.94. The van der Waals surface area contributed by atoms with Crippen molar-refractivity contribution in [3.8, 4) is 0 Å². The Morgan fingerprint density at radius 1 is 1.32 bits per heavy atom. The quantitative estimate of drug-likeness (QED) is 0.604. The summed E-state index contributed by atoms with van der Waals surface area (Å²) in [4.78, 5) is 0. The van der Waals surface area contributed by atoms with Gasteiger partial charge in [-0.2, -0.15) is 16.8 Å². The van der Waals surface area contributed by atoms with Gasteiger partial charge >= 0.3 is 20.7 Å². The molecule has 3 fully saturated rings. The number of ether oxygens (including phenoxy) is 3. The molecule has 3 saturated heterocycles. The first kappa shape index (κ1) is 16.5. The van der Waals surface area contributed by atoms with Crippen LogP contribution in [0, 0.1) is 0 Å². The lowest BCUT2D eigenvalue weighted by Gasteiger charge is -2.39. The maximum absolute atomic E-state index is 11.4. The van der Waals surface area contributed by atoms with Gasteiger partial charge in [0.15, 0.2) is 5.79 Å². The van der Waals surface area contributed by atoms with Crippen molar-refractivity contribution >= 4 is 20.7 Å². The molecule has 4 atom stereocenters. The van der Waals surface area contributed by atoms with Crippen LogP contribution in [0.25, 0.3) is 0 Å². The van der Waals surface area contributed by atoms with Crippen molar-refractivity contribution in [2.45, 2.75) is 43.7 Å². The van der Waals surface area contributed by atoms with E-state index in [0.29, 0.717) is 0 Å². The van der Waals surface area contributed by atoms with Crippen LogP contribution in [0.4, 0.5) is 0 Å². The molecule has 3 rings (SSSR count). The molecule has 0 amide bonds. The number of nitrogens with two attached hydrogens (primary N) is 1. The van der Waals surface area contributed by atoms with E-state index in [9.17, 15) is 16.8 Å². The zero-order valence-corrected chi connectivity index (χ0v) is 13.3. The average Bonchev–Trinajstić information content (AvgIpc) is 2.78. The topological polar surface area (TPSA) is 150 Å². The van der Waals surface area contributed by atoms with E-state index in [4.69, 9.17) is 27.7 Å². The van der Waals surface area contributed by atoms with Gasteiger partial charge < -0.3 is 14.2 Å². The van der Waals surface area contributed by atoms with E-state index in [1.807, 2.05) is 0 Å². The Morgan fingerprint density at radius 3 is 2.64 bits per heavy atom. The van der Waals surface area contributed by atoms with Crippen LogP contribution in [-0.2, 0) is 47.5 Å². The fourth-order valence-corrected chi connectivity index (χ4v) is 4.00. The molecule has 11 nitrogen and oxygen atoms in total. The second-order valence-electron chi connectivity index (χ2n) is 5.52. The Labute approximate surface area is 127 Å². The molecule has 0 aromatic carbocycles. The minimum Gasteiger partial charge on any atom is -0.343 e. The molecule has 3 heterocycles. The highest BCUT2D eigenvalue weighted by molar-refractivity contribution is 7.84. The summed E-state index contributed by atoms with van der Waals surface area (Å²) in [5, 5.41) is 4.80. The zero-order chi connectivity index (χ0) is 16.4. The Morgan fingerprint density at radius 2 is 2.00 bits per heavy atom. The molecule has 22 heavy (non-hydrogen) atoms. The van der Waals surface area contributed by atoms with Crippen LogP contribution in [0.1, 0.15) is 13.8 Å². The molecule has 13 heteroatoms.